The van der Waals surface area contributed by atoms with E-state index in [1.807, 2.05) is 13.8 Å². The number of ether oxygens (including phenoxy) is 1. The molecule has 0 amide bonds. The number of esters is 1. The highest BCUT2D eigenvalue weighted by molar-refractivity contribution is 5.69. The second-order valence-corrected chi connectivity index (χ2v) is 4.39. The van der Waals surface area contributed by atoms with Gasteiger partial charge in [-0.2, -0.15) is 0 Å². The molecule has 1 aliphatic rings. The van der Waals surface area contributed by atoms with E-state index in [-0.39, 0.29) is 23.4 Å². The molecule has 1 rings (SSSR count). The van der Waals surface area contributed by atoms with E-state index in [9.17, 15) is 9.90 Å². The average Bonchev–Trinajstić information content (AvgIpc) is 2.31. The van der Waals surface area contributed by atoms with Crippen molar-refractivity contribution in [3.8, 4) is 0 Å². The van der Waals surface area contributed by atoms with E-state index >= 15 is 0 Å². The Morgan fingerprint density at radius 3 is 2.54 bits per heavy atom. The molecular weight excluding hydrogens is 168 g/mol. The van der Waals surface area contributed by atoms with Gasteiger partial charge in [-0.15, -0.1) is 0 Å². The maximum atomic E-state index is 11.1. The van der Waals surface area contributed by atoms with Crippen LogP contribution in [0.5, 0.6) is 0 Å². The lowest BCUT2D eigenvalue weighted by atomic mass is 9.78. The van der Waals surface area contributed by atoms with E-state index in [1.54, 1.807) is 0 Å². The van der Waals surface area contributed by atoms with Crippen LogP contribution in [0.4, 0.5) is 0 Å². The van der Waals surface area contributed by atoms with Crippen molar-refractivity contribution in [3.63, 3.8) is 0 Å². The van der Waals surface area contributed by atoms with Crippen molar-refractivity contribution >= 4 is 5.97 Å². The van der Waals surface area contributed by atoms with Gasteiger partial charge in [-0.25, -0.2) is 0 Å². The first-order valence-corrected chi connectivity index (χ1v) is 4.73. The fraction of sp³-hybridized carbons (Fsp3) is 0.900. The first kappa shape index (κ1) is 10.5. The van der Waals surface area contributed by atoms with Gasteiger partial charge in [0.15, 0.2) is 0 Å². The van der Waals surface area contributed by atoms with E-state index in [2.05, 4.69) is 4.74 Å². The topological polar surface area (TPSA) is 46.5 Å². The van der Waals surface area contributed by atoms with E-state index in [0.717, 1.165) is 12.8 Å². The minimum absolute atomic E-state index is 0.145. The Hall–Kier alpha value is -0.570. The van der Waals surface area contributed by atoms with E-state index in [0.29, 0.717) is 6.42 Å². The van der Waals surface area contributed by atoms with Crippen LogP contribution >= 0.6 is 0 Å². The normalized spacial score (nSPS) is 31.7. The molecule has 3 nitrogen and oxygen atoms in total. The van der Waals surface area contributed by atoms with Crippen molar-refractivity contribution in [1.29, 1.82) is 0 Å². The maximum Gasteiger partial charge on any atom is 0.305 e. The van der Waals surface area contributed by atoms with E-state index < -0.39 is 0 Å². The van der Waals surface area contributed by atoms with E-state index in [1.165, 1.54) is 7.11 Å². The van der Waals surface area contributed by atoms with Gasteiger partial charge in [0, 0.05) is 6.42 Å². The third-order valence-corrected chi connectivity index (χ3v) is 3.34. The third kappa shape index (κ3) is 2.02. The number of methoxy groups -OCH3 is 1. The highest BCUT2D eigenvalue weighted by atomic mass is 16.5. The van der Waals surface area contributed by atoms with Gasteiger partial charge < -0.3 is 9.84 Å². The molecule has 1 fully saturated rings. The summed E-state index contributed by atoms with van der Waals surface area (Å²) in [6.07, 6.45) is 1.88. The minimum Gasteiger partial charge on any atom is -0.469 e. The number of carbonyl (C=O) groups excluding carboxylic acids is 1. The number of hydrogen-bond donors (Lipinski definition) is 1. The zero-order chi connectivity index (χ0) is 10.1. The van der Waals surface area contributed by atoms with Crippen LogP contribution in [0.25, 0.3) is 0 Å². The van der Waals surface area contributed by atoms with Crippen LogP contribution in [0.3, 0.4) is 0 Å². The number of rotatable bonds is 2. The molecule has 3 heteroatoms. The molecule has 13 heavy (non-hydrogen) atoms. The summed E-state index contributed by atoms with van der Waals surface area (Å²) < 4.78 is 4.62. The Morgan fingerprint density at radius 2 is 2.15 bits per heavy atom. The van der Waals surface area contributed by atoms with Crippen molar-refractivity contribution in [3.05, 3.63) is 0 Å². The van der Waals surface area contributed by atoms with Crippen LogP contribution in [-0.2, 0) is 9.53 Å². The Balaban J connectivity index is 2.57. The second kappa shape index (κ2) is 3.66. The van der Waals surface area contributed by atoms with Gasteiger partial charge in [-0.3, -0.25) is 4.79 Å². The Morgan fingerprint density at radius 1 is 1.54 bits per heavy atom. The first-order valence-electron chi connectivity index (χ1n) is 4.73. The molecule has 0 aromatic rings. The average molecular weight is 186 g/mol. The van der Waals surface area contributed by atoms with Crippen molar-refractivity contribution in [2.75, 3.05) is 7.11 Å². The summed E-state index contributed by atoms with van der Waals surface area (Å²) in [5.74, 6) is 0.0853. The molecule has 0 bridgehead atoms. The fourth-order valence-corrected chi connectivity index (χ4v) is 2.02. The Kier molecular flexibility index (Phi) is 2.96. The predicted octanol–water partition coefficient (Wildman–Crippen LogP) is 1.35. The molecule has 0 spiro atoms. The molecule has 0 aromatic heterocycles. The lowest BCUT2D eigenvalue weighted by Gasteiger charge is -2.29. The summed E-state index contributed by atoms with van der Waals surface area (Å²) in [6.45, 7) is 4.02. The van der Waals surface area contributed by atoms with Gasteiger partial charge in [0.1, 0.15) is 0 Å². The largest absolute Gasteiger partial charge is 0.469 e. The molecule has 1 aliphatic carbocycles. The molecule has 2 atom stereocenters. The Bertz CT molecular complexity index is 198. The molecule has 1 saturated carbocycles. The predicted molar refractivity (Wildman–Crippen MR) is 49.1 cm³/mol. The van der Waals surface area contributed by atoms with Gasteiger partial charge in [0.25, 0.3) is 0 Å². The quantitative estimate of drug-likeness (QED) is 0.662. The Labute approximate surface area is 79.1 Å². The summed E-state index contributed by atoms with van der Waals surface area (Å²) in [6, 6.07) is 0. The van der Waals surface area contributed by atoms with Gasteiger partial charge in [0.2, 0.25) is 0 Å². The number of carbonyl (C=O) groups is 1. The molecule has 0 radical (unpaired) electrons. The molecule has 0 heterocycles. The maximum absolute atomic E-state index is 11.1. The summed E-state index contributed by atoms with van der Waals surface area (Å²) in [5, 5.41) is 9.66. The van der Waals surface area contributed by atoms with Gasteiger partial charge >= 0.3 is 5.97 Å². The molecule has 76 valence electrons. The zero-order valence-corrected chi connectivity index (χ0v) is 8.54. The van der Waals surface area contributed by atoms with Gasteiger partial charge in [0.05, 0.1) is 13.2 Å². The first-order chi connectivity index (χ1) is 5.98. The monoisotopic (exact) mass is 186 g/mol. The van der Waals surface area contributed by atoms with Gasteiger partial charge in [-0.05, 0) is 24.2 Å². The summed E-state index contributed by atoms with van der Waals surface area (Å²) in [5.41, 5.74) is -0.145. The molecule has 0 aliphatic heterocycles. The van der Waals surface area contributed by atoms with Gasteiger partial charge in [-0.1, -0.05) is 13.8 Å². The highest BCUT2D eigenvalue weighted by Crippen LogP contribution is 2.44. The molecule has 0 aromatic carbocycles. The summed E-state index contributed by atoms with van der Waals surface area (Å²) in [7, 11) is 1.40. The van der Waals surface area contributed by atoms with Crippen molar-refractivity contribution in [1.82, 2.24) is 0 Å². The van der Waals surface area contributed by atoms with Crippen LogP contribution in [0.15, 0.2) is 0 Å². The van der Waals surface area contributed by atoms with Crippen LogP contribution in [0.1, 0.15) is 33.1 Å². The fourth-order valence-electron chi connectivity index (χ4n) is 2.02. The molecule has 0 unspecified atom stereocenters. The SMILES string of the molecule is COC(=O)C[C@H]1CC[C@H](O)C1(C)C. The number of aliphatic hydroxyl groups is 1. The minimum atomic E-state index is -0.276. The van der Waals surface area contributed by atoms with E-state index in [4.69, 9.17) is 0 Å². The van der Waals surface area contributed by atoms with Crippen LogP contribution < -0.4 is 0 Å². The van der Waals surface area contributed by atoms with Crippen molar-refractivity contribution in [2.24, 2.45) is 11.3 Å². The van der Waals surface area contributed by atoms with Crippen LogP contribution in [0.2, 0.25) is 0 Å². The third-order valence-electron chi connectivity index (χ3n) is 3.34. The van der Waals surface area contributed by atoms with Crippen molar-refractivity contribution < 1.29 is 14.6 Å². The summed E-state index contributed by atoms with van der Waals surface area (Å²) >= 11 is 0. The van der Waals surface area contributed by atoms with Crippen molar-refractivity contribution in [2.45, 2.75) is 39.2 Å². The number of aliphatic hydroxyl groups excluding tert-OH is 1. The molecule has 0 saturated heterocycles. The smallest absolute Gasteiger partial charge is 0.305 e. The van der Waals surface area contributed by atoms with Crippen LogP contribution in [-0.4, -0.2) is 24.3 Å². The zero-order valence-electron chi connectivity index (χ0n) is 8.54. The lowest BCUT2D eigenvalue weighted by Crippen LogP contribution is -2.30. The molecular formula is C10H18O3. The number of hydrogen-bond acceptors (Lipinski definition) is 3. The second-order valence-electron chi connectivity index (χ2n) is 4.39. The highest BCUT2D eigenvalue weighted by Gasteiger charge is 2.42. The standard InChI is InChI=1S/C10H18O3/c1-10(2)7(4-5-8(10)11)6-9(12)13-3/h7-8,11H,4-6H2,1-3H3/t7-,8+/m1/s1. The lowest BCUT2D eigenvalue weighted by molar-refractivity contribution is -0.142. The molecule has 1 N–H and O–H groups in total. The summed E-state index contributed by atoms with van der Waals surface area (Å²) in [4.78, 5) is 11.1. The van der Waals surface area contributed by atoms with Crippen LogP contribution in [0, 0.1) is 11.3 Å².